The molecule has 0 rings (SSSR count). The monoisotopic (exact) mass is 264 g/mol. The average Bonchev–Trinajstić information content (AvgIpc) is 2.35. The van der Waals surface area contributed by atoms with Crippen molar-refractivity contribution >= 4 is 5.97 Å². The second kappa shape index (κ2) is 12.8. The SMILES string of the molecule is CCOCCOCCOCCOC(CC)C(=O)O. The lowest BCUT2D eigenvalue weighted by Gasteiger charge is -2.11. The minimum Gasteiger partial charge on any atom is -0.479 e. The average molecular weight is 264 g/mol. The van der Waals surface area contributed by atoms with Gasteiger partial charge in [-0.2, -0.15) is 0 Å². The van der Waals surface area contributed by atoms with Crippen molar-refractivity contribution in [2.45, 2.75) is 26.4 Å². The molecule has 0 amide bonds. The molecule has 0 aliphatic heterocycles. The van der Waals surface area contributed by atoms with Crippen LogP contribution >= 0.6 is 0 Å². The van der Waals surface area contributed by atoms with Gasteiger partial charge in [-0.3, -0.25) is 0 Å². The van der Waals surface area contributed by atoms with E-state index in [-0.39, 0.29) is 6.61 Å². The summed E-state index contributed by atoms with van der Waals surface area (Å²) in [5.41, 5.74) is 0. The van der Waals surface area contributed by atoms with E-state index in [1.807, 2.05) is 6.92 Å². The molecule has 6 heteroatoms. The van der Waals surface area contributed by atoms with E-state index in [9.17, 15) is 4.79 Å². The molecule has 1 unspecified atom stereocenters. The summed E-state index contributed by atoms with van der Waals surface area (Å²) in [7, 11) is 0. The van der Waals surface area contributed by atoms with Gasteiger partial charge in [0.25, 0.3) is 0 Å². The maximum absolute atomic E-state index is 10.6. The van der Waals surface area contributed by atoms with Crippen LogP contribution in [0.4, 0.5) is 0 Å². The van der Waals surface area contributed by atoms with Gasteiger partial charge in [0.2, 0.25) is 0 Å². The van der Waals surface area contributed by atoms with Gasteiger partial charge in [-0.25, -0.2) is 4.79 Å². The van der Waals surface area contributed by atoms with Crippen LogP contribution in [-0.2, 0) is 23.7 Å². The molecule has 0 radical (unpaired) electrons. The number of hydrogen-bond acceptors (Lipinski definition) is 5. The summed E-state index contributed by atoms with van der Waals surface area (Å²) in [5.74, 6) is -0.934. The first-order valence-electron chi connectivity index (χ1n) is 6.30. The lowest BCUT2D eigenvalue weighted by atomic mass is 10.3. The van der Waals surface area contributed by atoms with Crippen LogP contribution in [0.3, 0.4) is 0 Å². The van der Waals surface area contributed by atoms with Crippen LogP contribution in [0.5, 0.6) is 0 Å². The first-order valence-corrected chi connectivity index (χ1v) is 6.30. The molecule has 0 aliphatic carbocycles. The minimum atomic E-state index is -0.934. The van der Waals surface area contributed by atoms with Crippen molar-refractivity contribution < 1.29 is 28.8 Å². The summed E-state index contributed by atoms with van der Waals surface area (Å²) in [5, 5.41) is 8.72. The molecule has 1 N–H and O–H groups in total. The fraction of sp³-hybridized carbons (Fsp3) is 0.917. The first kappa shape index (κ1) is 17.3. The number of carboxylic acids is 1. The summed E-state index contributed by atoms with van der Waals surface area (Å²) in [6.45, 7) is 7.18. The van der Waals surface area contributed by atoms with Crippen LogP contribution in [0.1, 0.15) is 20.3 Å². The Morgan fingerprint density at radius 1 is 0.944 bits per heavy atom. The zero-order valence-electron chi connectivity index (χ0n) is 11.2. The van der Waals surface area contributed by atoms with Gasteiger partial charge < -0.3 is 24.1 Å². The molecule has 0 saturated carbocycles. The molecule has 0 fully saturated rings. The number of aliphatic carboxylic acids is 1. The Morgan fingerprint density at radius 2 is 1.44 bits per heavy atom. The summed E-state index contributed by atoms with van der Waals surface area (Å²) >= 11 is 0. The molecule has 0 aliphatic rings. The highest BCUT2D eigenvalue weighted by molar-refractivity contribution is 5.72. The topological polar surface area (TPSA) is 74.2 Å². The number of ether oxygens (including phenoxy) is 4. The largest absolute Gasteiger partial charge is 0.479 e. The Hall–Kier alpha value is -0.690. The molecular weight excluding hydrogens is 240 g/mol. The van der Waals surface area contributed by atoms with E-state index >= 15 is 0 Å². The molecule has 18 heavy (non-hydrogen) atoms. The maximum atomic E-state index is 10.6. The number of carbonyl (C=O) groups is 1. The van der Waals surface area contributed by atoms with Gasteiger partial charge in [-0.1, -0.05) is 6.92 Å². The van der Waals surface area contributed by atoms with Crippen molar-refractivity contribution in [3.63, 3.8) is 0 Å². The van der Waals surface area contributed by atoms with Gasteiger partial charge >= 0.3 is 5.97 Å². The van der Waals surface area contributed by atoms with Gasteiger partial charge in [0.05, 0.1) is 39.6 Å². The first-order chi connectivity index (χ1) is 8.72. The van der Waals surface area contributed by atoms with Crippen molar-refractivity contribution in [1.29, 1.82) is 0 Å². The fourth-order valence-corrected chi connectivity index (χ4v) is 1.20. The van der Waals surface area contributed by atoms with Gasteiger partial charge in [0, 0.05) is 6.61 Å². The van der Waals surface area contributed by atoms with Crippen molar-refractivity contribution in [3.05, 3.63) is 0 Å². The van der Waals surface area contributed by atoms with Gasteiger partial charge in [0.15, 0.2) is 6.10 Å². The lowest BCUT2D eigenvalue weighted by molar-refractivity contribution is -0.151. The molecular formula is C12H24O6. The van der Waals surface area contributed by atoms with Crippen LogP contribution in [0.2, 0.25) is 0 Å². The van der Waals surface area contributed by atoms with Crippen molar-refractivity contribution in [1.82, 2.24) is 0 Å². The Labute approximate surface area is 108 Å². The molecule has 0 saturated heterocycles. The minimum absolute atomic E-state index is 0.282. The Morgan fingerprint density at radius 3 is 1.89 bits per heavy atom. The highest BCUT2D eigenvalue weighted by atomic mass is 16.6. The molecule has 1 atom stereocenters. The van der Waals surface area contributed by atoms with E-state index in [1.54, 1.807) is 6.92 Å². The predicted molar refractivity (Wildman–Crippen MR) is 65.8 cm³/mol. The molecule has 0 aromatic carbocycles. The summed E-state index contributed by atoms with van der Waals surface area (Å²) in [4.78, 5) is 10.6. The van der Waals surface area contributed by atoms with E-state index < -0.39 is 12.1 Å². The Balaban J connectivity index is 3.18. The normalized spacial score (nSPS) is 12.6. The highest BCUT2D eigenvalue weighted by Gasteiger charge is 2.14. The fourth-order valence-electron chi connectivity index (χ4n) is 1.20. The van der Waals surface area contributed by atoms with Crippen LogP contribution in [0.15, 0.2) is 0 Å². The molecule has 0 aromatic rings. The van der Waals surface area contributed by atoms with Gasteiger partial charge in [0.1, 0.15) is 0 Å². The Bertz CT molecular complexity index is 197. The summed E-state index contributed by atoms with van der Waals surface area (Å²) in [6, 6.07) is 0. The molecule has 0 heterocycles. The van der Waals surface area contributed by atoms with E-state index in [2.05, 4.69) is 0 Å². The van der Waals surface area contributed by atoms with E-state index in [0.717, 1.165) is 0 Å². The van der Waals surface area contributed by atoms with Crippen LogP contribution in [0, 0.1) is 0 Å². The third kappa shape index (κ3) is 10.5. The summed E-state index contributed by atoms with van der Waals surface area (Å²) in [6.07, 6.45) is -0.286. The molecule has 0 aromatic heterocycles. The zero-order chi connectivity index (χ0) is 13.6. The van der Waals surface area contributed by atoms with Crippen molar-refractivity contribution in [2.24, 2.45) is 0 Å². The standard InChI is InChI=1S/C12H24O6/c1-3-11(12(13)14)18-10-9-17-8-7-16-6-5-15-4-2/h11H,3-10H2,1-2H3,(H,13,14). The second-order valence-corrected chi connectivity index (χ2v) is 3.53. The van der Waals surface area contributed by atoms with Crippen LogP contribution in [-0.4, -0.2) is 63.4 Å². The number of hydrogen-bond donors (Lipinski definition) is 1. The summed E-state index contributed by atoms with van der Waals surface area (Å²) < 4.78 is 20.7. The van der Waals surface area contributed by atoms with Gasteiger partial charge in [-0.05, 0) is 13.3 Å². The molecule has 6 nitrogen and oxygen atoms in total. The Kier molecular flexibility index (Phi) is 12.3. The quantitative estimate of drug-likeness (QED) is 0.499. The smallest absolute Gasteiger partial charge is 0.332 e. The van der Waals surface area contributed by atoms with Crippen molar-refractivity contribution in [2.75, 3.05) is 46.2 Å². The maximum Gasteiger partial charge on any atom is 0.332 e. The third-order valence-electron chi connectivity index (χ3n) is 2.14. The molecule has 108 valence electrons. The molecule has 0 bridgehead atoms. The molecule has 0 spiro atoms. The van der Waals surface area contributed by atoms with Crippen molar-refractivity contribution in [3.8, 4) is 0 Å². The number of carboxylic acid groups (broad SMARTS) is 1. The van der Waals surface area contributed by atoms with E-state index in [1.165, 1.54) is 0 Å². The number of rotatable bonds is 13. The lowest BCUT2D eigenvalue weighted by Crippen LogP contribution is -2.24. The van der Waals surface area contributed by atoms with Gasteiger partial charge in [-0.15, -0.1) is 0 Å². The van der Waals surface area contributed by atoms with E-state index in [0.29, 0.717) is 46.1 Å². The highest BCUT2D eigenvalue weighted by Crippen LogP contribution is 1.97. The predicted octanol–water partition coefficient (Wildman–Crippen LogP) is 0.936. The second-order valence-electron chi connectivity index (χ2n) is 3.53. The van der Waals surface area contributed by atoms with Crippen LogP contribution in [0.25, 0.3) is 0 Å². The zero-order valence-corrected chi connectivity index (χ0v) is 11.2. The van der Waals surface area contributed by atoms with Crippen LogP contribution < -0.4 is 0 Å². The van der Waals surface area contributed by atoms with E-state index in [4.69, 9.17) is 24.1 Å². The third-order valence-corrected chi connectivity index (χ3v) is 2.14.